The van der Waals surface area contributed by atoms with Crippen LogP contribution in [0.2, 0.25) is 0 Å². The fourth-order valence-electron chi connectivity index (χ4n) is 3.02. The van der Waals surface area contributed by atoms with Crippen LogP contribution in [0.25, 0.3) is 0 Å². The summed E-state index contributed by atoms with van der Waals surface area (Å²) in [6.45, 7) is 0. The maximum atomic E-state index is 2.31. The highest BCUT2D eigenvalue weighted by Crippen LogP contribution is 2.34. The quantitative estimate of drug-likeness (QED) is 0.427. The molecular formula is C24H20PS+. The zero-order chi connectivity index (χ0) is 17.6. The van der Waals surface area contributed by atoms with Crippen LogP contribution in [0.5, 0.6) is 0 Å². The van der Waals surface area contributed by atoms with Crippen LogP contribution in [0.15, 0.2) is 125 Å². The van der Waals surface area contributed by atoms with E-state index in [4.69, 9.17) is 0 Å². The summed E-state index contributed by atoms with van der Waals surface area (Å²) in [7, 11) is -0.975. The highest BCUT2D eigenvalue weighted by atomic mass is 32.2. The Hall–Kier alpha value is -2.34. The Balaban J connectivity index is 1.66. The molecule has 0 radical (unpaired) electrons. The van der Waals surface area contributed by atoms with E-state index in [1.165, 1.54) is 25.7 Å². The first kappa shape index (κ1) is 17.1. The number of benzene rings is 4. The van der Waals surface area contributed by atoms with Crippen molar-refractivity contribution in [2.24, 2.45) is 0 Å². The van der Waals surface area contributed by atoms with Gasteiger partial charge in [0.1, 0.15) is 15.9 Å². The molecule has 0 aliphatic carbocycles. The summed E-state index contributed by atoms with van der Waals surface area (Å²) in [5.74, 6) is 0. The molecule has 4 rings (SSSR count). The van der Waals surface area contributed by atoms with E-state index in [0.29, 0.717) is 0 Å². The summed E-state index contributed by atoms with van der Waals surface area (Å²) in [5, 5.41) is 4.27. The Labute approximate surface area is 160 Å². The van der Waals surface area contributed by atoms with Crippen LogP contribution >= 0.6 is 19.7 Å². The highest BCUT2D eigenvalue weighted by molar-refractivity contribution is 7.99. The number of hydrogen-bond acceptors (Lipinski definition) is 1. The van der Waals surface area contributed by atoms with Gasteiger partial charge in [-0.05, 0) is 60.7 Å². The van der Waals surface area contributed by atoms with Crippen molar-refractivity contribution >= 4 is 35.6 Å². The van der Waals surface area contributed by atoms with Crippen molar-refractivity contribution in [2.75, 3.05) is 0 Å². The molecule has 0 spiro atoms. The highest BCUT2D eigenvalue weighted by Gasteiger charge is 2.24. The van der Waals surface area contributed by atoms with E-state index in [2.05, 4.69) is 115 Å². The molecule has 0 bridgehead atoms. The van der Waals surface area contributed by atoms with Crippen molar-refractivity contribution in [3.63, 3.8) is 0 Å². The van der Waals surface area contributed by atoms with Gasteiger partial charge in [-0.25, -0.2) is 0 Å². The second-order valence-electron chi connectivity index (χ2n) is 6.05. The molecule has 0 amide bonds. The molecule has 0 heterocycles. The van der Waals surface area contributed by atoms with Gasteiger partial charge in [0.2, 0.25) is 0 Å². The smallest absolute Gasteiger partial charge is 0.0901 e. The predicted molar refractivity (Wildman–Crippen MR) is 117 cm³/mol. The molecule has 4 aromatic rings. The number of hydrogen-bond donors (Lipinski definition) is 0. The van der Waals surface area contributed by atoms with E-state index in [1.54, 1.807) is 0 Å². The van der Waals surface area contributed by atoms with Crippen molar-refractivity contribution in [2.45, 2.75) is 9.79 Å². The van der Waals surface area contributed by atoms with Gasteiger partial charge in [0.05, 0.1) is 7.92 Å². The lowest BCUT2D eigenvalue weighted by Gasteiger charge is -2.11. The van der Waals surface area contributed by atoms with Crippen molar-refractivity contribution in [3.05, 3.63) is 115 Å². The van der Waals surface area contributed by atoms with E-state index in [-0.39, 0.29) is 0 Å². The van der Waals surface area contributed by atoms with E-state index in [1.807, 2.05) is 11.8 Å². The Morgan fingerprint density at radius 3 is 1.27 bits per heavy atom. The summed E-state index contributed by atoms with van der Waals surface area (Å²) in [6.07, 6.45) is 0. The molecular weight excluding hydrogens is 351 g/mol. The third kappa shape index (κ3) is 4.07. The fourth-order valence-corrected chi connectivity index (χ4v) is 6.41. The predicted octanol–water partition coefficient (Wildman–Crippen LogP) is 5.33. The first-order valence-electron chi connectivity index (χ1n) is 8.71. The van der Waals surface area contributed by atoms with Gasteiger partial charge in [0, 0.05) is 9.79 Å². The Kier molecular flexibility index (Phi) is 5.50. The summed E-state index contributed by atoms with van der Waals surface area (Å²) in [6, 6.07) is 41.4. The average Bonchev–Trinajstić information content (AvgIpc) is 2.72. The van der Waals surface area contributed by atoms with Crippen LogP contribution in [0.3, 0.4) is 0 Å². The van der Waals surface area contributed by atoms with Gasteiger partial charge in [-0.2, -0.15) is 0 Å². The van der Waals surface area contributed by atoms with Gasteiger partial charge in [0.15, 0.2) is 0 Å². The van der Waals surface area contributed by atoms with Gasteiger partial charge in [-0.3, -0.25) is 0 Å². The summed E-state index contributed by atoms with van der Waals surface area (Å²) < 4.78 is 0. The SMILES string of the molecule is c1ccc(Sc2ccc([PH+](c3ccccc3)c3ccccc3)cc2)cc1. The lowest BCUT2D eigenvalue weighted by Crippen LogP contribution is -2.20. The maximum Gasteiger partial charge on any atom is 0.102 e. The van der Waals surface area contributed by atoms with Gasteiger partial charge < -0.3 is 0 Å². The second kappa shape index (κ2) is 8.36. The molecule has 0 aliphatic heterocycles. The van der Waals surface area contributed by atoms with Gasteiger partial charge >= 0.3 is 0 Å². The molecule has 0 fully saturated rings. The van der Waals surface area contributed by atoms with Crippen LogP contribution in [-0.4, -0.2) is 0 Å². The standard InChI is InChI=1S/C24H19PS/c1-4-10-20(11-5-1)25(21-12-6-2-7-13-21)22-16-18-24(19-17-22)26-23-14-8-3-9-15-23/h1-19H/p+1. The van der Waals surface area contributed by atoms with Crippen LogP contribution < -0.4 is 15.9 Å². The molecule has 0 aromatic heterocycles. The Bertz CT molecular complexity index is 896. The average molecular weight is 371 g/mol. The molecule has 0 N–H and O–H groups in total. The van der Waals surface area contributed by atoms with Crippen LogP contribution in [0.1, 0.15) is 0 Å². The van der Waals surface area contributed by atoms with E-state index in [0.717, 1.165) is 0 Å². The zero-order valence-electron chi connectivity index (χ0n) is 14.4. The molecule has 0 saturated carbocycles. The largest absolute Gasteiger partial charge is 0.102 e. The number of rotatable bonds is 5. The van der Waals surface area contributed by atoms with Crippen molar-refractivity contribution in [3.8, 4) is 0 Å². The summed E-state index contributed by atoms with van der Waals surface area (Å²) in [4.78, 5) is 2.55. The minimum atomic E-state index is -0.975. The normalized spacial score (nSPS) is 10.8. The van der Waals surface area contributed by atoms with Crippen LogP contribution in [0.4, 0.5) is 0 Å². The molecule has 0 aliphatic rings. The summed E-state index contributed by atoms with van der Waals surface area (Å²) in [5.41, 5.74) is 0. The van der Waals surface area contributed by atoms with Crippen molar-refractivity contribution in [1.82, 2.24) is 0 Å². The monoisotopic (exact) mass is 371 g/mol. The minimum Gasteiger partial charge on any atom is -0.0901 e. The maximum absolute atomic E-state index is 2.31. The molecule has 0 saturated heterocycles. The molecule has 126 valence electrons. The van der Waals surface area contributed by atoms with E-state index >= 15 is 0 Å². The van der Waals surface area contributed by atoms with E-state index < -0.39 is 7.92 Å². The van der Waals surface area contributed by atoms with Gasteiger partial charge in [-0.1, -0.05) is 66.4 Å². The Morgan fingerprint density at radius 1 is 0.385 bits per heavy atom. The summed E-state index contributed by atoms with van der Waals surface area (Å²) >= 11 is 1.81. The molecule has 0 unspecified atom stereocenters. The zero-order valence-corrected chi connectivity index (χ0v) is 16.2. The van der Waals surface area contributed by atoms with Gasteiger partial charge in [0.25, 0.3) is 0 Å². The minimum absolute atomic E-state index is 0.975. The first-order chi connectivity index (χ1) is 12.9. The molecule has 0 nitrogen and oxygen atoms in total. The lowest BCUT2D eigenvalue weighted by atomic mass is 10.3. The first-order valence-corrected chi connectivity index (χ1v) is 11.0. The molecule has 0 atom stereocenters. The third-order valence-electron chi connectivity index (χ3n) is 4.25. The van der Waals surface area contributed by atoms with Crippen molar-refractivity contribution in [1.29, 1.82) is 0 Å². The molecule has 4 aromatic carbocycles. The van der Waals surface area contributed by atoms with E-state index in [9.17, 15) is 0 Å². The molecule has 26 heavy (non-hydrogen) atoms. The van der Waals surface area contributed by atoms with Crippen molar-refractivity contribution < 1.29 is 0 Å². The molecule has 2 heteroatoms. The topological polar surface area (TPSA) is 0 Å². The van der Waals surface area contributed by atoms with Gasteiger partial charge in [-0.15, -0.1) is 0 Å². The third-order valence-corrected chi connectivity index (χ3v) is 7.99. The van der Waals surface area contributed by atoms with Crippen LogP contribution in [0, 0.1) is 0 Å². The lowest BCUT2D eigenvalue weighted by molar-refractivity contribution is 1.41. The second-order valence-corrected chi connectivity index (χ2v) is 9.68. The Morgan fingerprint density at radius 2 is 0.769 bits per heavy atom. The fraction of sp³-hybridized carbons (Fsp3) is 0. The van der Waals surface area contributed by atoms with Crippen LogP contribution in [-0.2, 0) is 0 Å².